The SMILES string of the molecule is CCc1nn(C)c(CC(NN)c2ccnc(Cl)c2)c1Br. The Hall–Kier alpha value is -0.950. The fourth-order valence-electron chi connectivity index (χ4n) is 2.14. The molecule has 0 aromatic carbocycles. The highest BCUT2D eigenvalue weighted by atomic mass is 79.9. The zero-order chi connectivity index (χ0) is 14.7. The standard InChI is InChI=1S/C13H17BrClN5/c1-3-9-13(14)11(20(2)19-9)7-10(18-16)8-4-5-17-12(15)6-8/h4-6,10,18H,3,7,16H2,1-2H3. The molecule has 1 unspecified atom stereocenters. The van der Waals surface area contributed by atoms with Crippen LogP contribution in [0.2, 0.25) is 5.15 Å². The summed E-state index contributed by atoms with van der Waals surface area (Å²) in [6, 6.07) is 3.67. The van der Waals surface area contributed by atoms with Crippen molar-refractivity contribution in [2.75, 3.05) is 0 Å². The molecule has 1 atom stereocenters. The van der Waals surface area contributed by atoms with Crippen LogP contribution >= 0.6 is 27.5 Å². The summed E-state index contributed by atoms with van der Waals surface area (Å²) in [6.45, 7) is 2.08. The Morgan fingerprint density at radius 2 is 2.30 bits per heavy atom. The van der Waals surface area contributed by atoms with Gasteiger partial charge in [-0.25, -0.2) is 4.98 Å². The van der Waals surface area contributed by atoms with E-state index in [1.807, 2.05) is 23.9 Å². The molecule has 0 aliphatic rings. The molecule has 20 heavy (non-hydrogen) atoms. The maximum absolute atomic E-state index is 5.93. The summed E-state index contributed by atoms with van der Waals surface area (Å²) < 4.78 is 2.93. The van der Waals surface area contributed by atoms with Gasteiger partial charge in [-0.05, 0) is 40.0 Å². The molecule has 0 aliphatic carbocycles. The second kappa shape index (κ2) is 6.67. The van der Waals surface area contributed by atoms with Crippen molar-refractivity contribution < 1.29 is 0 Å². The lowest BCUT2D eigenvalue weighted by Gasteiger charge is -2.16. The van der Waals surface area contributed by atoms with E-state index in [0.717, 1.165) is 27.8 Å². The number of hydrogen-bond donors (Lipinski definition) is 2. The zero-order valence-corrected chi connectivity index (χ0v) is 13.7. The molecule has 5 nitrogen and oxygen atoms in total. The summed E-state index contributed by atoms with van der Waals surface area (Å²) in [5.74, 6) is 5.68. The third-order valence-corrected chi connectivity index (χ3v) is 4.38. The number of nitrogens with one attached hydrogen (secondary N) is 1. The van der Waals surface area contributed by atoms with Gasteiger partial charge in [-0.15, -0.1) is 0 Å². The summed E-state index contributed by atoms with van der Waals surface area (Å²) in [6.07, 6.45) is 3.27. The molecule has 0 saturated carbocycles. The van der Waals surface area contributed by atoms with E-state index < -0.39 is 0 Å². The van der Waals surface area contributed by atoms with Crippen LogP contribution in [-0.4, -0.2) is 14.8 Å². The topological polar surface area (TPSA) is 68.8 Å². The highest BCUT2D eigenvalue weighted by Crippen LogP contribution is 2.27. The highest BCUT2D eigenvalue weighted by Gasteiger charge is 2.18. The molecule has 7 heteroatoms. The maximum Gasteiger partial charge on any atom is 0.129 e. The van der Waals surface area contributed by atoms with E-state index >= 15 is 0 Å². The van der Waals surface area contributed by atoms with E-state index in [0.29, 0.717) is 11.6 Å². The van der Waals surface area contributed by atoms with E-state index in [1.54, 1.807) is 6.20 Å². The molecule has 2 aromatic heterocycles. The first-order valence-corrected chi connectivity index (χ1v) is 7.51. The minimum absolute atomic E-state index is 0.0492. The van der Waals surface area contributed by atoms with Gasteiger partial charge in [0.05, 0.1) is 21.9 Å². The monoisotopic (exact) mass is 357 g/mol. The summed E-state index contributed by atoms with van der Waals surface area (Å²) in [5, 5.41) is 4.95. The second-order valence-corrected chi connectivity index (χ2v) is 5.70. The van der Waals surface area contributed by atoms with E-state index in [2.05, 4.69) is 38.4 Å². The fraction of sp³-hybridized carbons (Fsp3) is 0.385. The number of halogens is 2. The average molecular weight is 359 g/mol. The molecule has 0 aliphatic heterocycles. The Bertz CT molecular complexity index is 598. The van der Waals surface area contributed by atoms with E-state index in [1.165, 1.54) is 0 Å². The van der Waals surface area contributed by atoms with Crippen LogP contribution in [0, 0.1) is 0 Å². The van der Waals surface area contributed by atoms with Crippen molar-refractivity contribution in [3.63, 3.8) is 0 Å². The van der Waals surface area contributed by atoms with Gasteiger partial charge in [-0.1, -0.05) is 18.5 Å². The Morgan fingerprint density at radius 1 is 1.55 bits per heavy atom. The number of rotatable bonds is 5. The molecule has 0 spiro atoms. The highest BCUT2D eigenvalue weighted by molar-refractivity contribution is 9.10. The molecule has 0 amide bonds. The van der Waals surface area contributed by atoms with Crippen molar-refractivity contribution >= 4 is 27.5 Å². The van der Waals surface area contributed by atoms with Gasteiger partial charge in [-0.3, -0.25) is 16.0 Å². The lowest BCUT2D eigenvalue weighted by atomic mass is 10.0. The normalized spacial score (nSPS) is 12.7. The van der Waals surface area contributed by atoms with Gasteiger partial charge in [0.2, 0.25) is 0 Å². The molecule has 2 rings (SSSR count). The fourth-order valence-corrected chi connectivity index (χ4v) is 3.10. The molecule has 108 valence electrons. The van der Waals surface area contributed by atoms with Gasteiger partial charge in [-0.2, -0.15) is 5.10 Å². The van der Waals surface area contributed by atoms with Crippen molar-refractivity contribution in [2.24, 2.45) is 12.9 Å². The molecule has 0 saturated heterocycles. The first-order valence-electron chi connectivity index (χ1n) is 6.34. The Balaban J connectivity index is 2.29. The van der Waals surface area contributed by atoms with Gasteiger partial charge < -0.3 is 0 Å². The Labute approximate surface area is 131 Å². The number of pyridine rings is 1. The van der Waals surface area contributed by atoms with Crippen molar-refractivity contribution in [2.45, 2.75) is 25.8 Å². The smallest absolute Gasteiger partial charge is 0.129 e. The van der Waals surface area contributed by atoms with E-state index in [9.17, 15) is 0 Å². The Morgan fingerprint density at radius 3 is 2.85 bits per heavy atom. The van der Waals surface area contributed by atoms with Gasteiger partial charge in [0.15, 0.2) is 0 Å². The lowest BCUT2D eigenvalue weighted by molar-refractivity contribution is 0.528. The van der Waals surface area contributed by atoms with Crippen molar-refractivity contribution in [3.05, 3.63) is 44.9 Å². The third kappa shape index (κ3) is 3.20. The van der Waals surface area contributed by atoms with Crippen LogP contribution in [-0.2, 0) is 19.9 Å². The molecule has 3 N–H and O–H groups in total. The molecule has 0 radical (unpaired) electrons. The van der Waals surface area contributed by atoms with Crippen LogP contribution in [0.3, 0.4) is 0 Å². The quantitative estimate of drug-likeness (QED) is 0.489. The average Bonchev–Trinajstić information content (AvgIpc) is 2.71. The second-order valence-electron chi connectivity index (χ2n) is 4.52. The molecule has 0 bridgehead atoms. The van der Waals surface area contributed by atoms with Gasteiger partial charge in [0.25, 0.3) is 0 Å². The molecule has 2 aromatic rings. The summed E-state index contributed by atoms with van der Waals surface area (Å²) in [4.78, 5) is 3.99. The van der Waals surface area contributed by atoms with Crippen molar-refractivity contribution in [3.8, 4) is 0 Å². The predicted octanol–water partition coefficient (Wildman–Crippen LogP) is 2.54. The molecular formula is C13H17BrClN5. The van der Waals surface area contributed by atoms with Crippen molar-refractivity contribution in [1.29, 1.82) is 0 Å². The number of aromatic nitrogens is 3. The molecular weight excluding hydrogens is 342 g/mol. The van der Waals surface area contributed by atoms with Gasteiger partial charge in [0.1, 0.15) is 5.15 Å². The number of nitrogens with zero attached hydrogens (tertiary/aromatic N) is 3. The lowest BCUT2D eigenvalue weighted by Crippen LogP contribution is -2.30. The first-order chi connectivity index (χ1) is 9.56. The molecule has 2 heterocycles. The number of hydrogen-bond acceptors (Lipinski definition) is 4. The van der Waals surface area contributed by atoms with Crippen LogP contribution in [0.25, 0.3) is 0 Å². The Kier molecular flexibility index (Phi) is 5.15. The zero-order valence-electron chi connectivity index (χ0n) is 11.4. The third-order valence-electron chi connectivity index (χ3n) is 3.25. The van der Waals surface area contributed by atoms with E-state index in [4.69, 9.17) is 17.4 Å². The summed E-state index contributed by atoms with van der Waals surface area (Å²) in [5.41, 5.74) is 5.97. The minimum Gasteiger partial charge on any atom is -0.271 e. The maximum atomic E-state index is 5.93. The van der Waals surface area contributed by atoms with Crippen LogP contribution in [0.4, 0.5) is 0 Å². The van der Waals surface area contributed by atoms with Crippen LogP contribution in [0.5, 0.6) is 0 Å². The van der Waals surface area contributed by atoms with E-state index in [-0.39, 0.29) is 6.04 Å². The van der Waals surface area contributed by atoms with Crippen LogP contribution in [0.15, 0.2) is 22.8 Å². The largest absolute Gasteiger partial charge is 0.271 e. The number of nitrogens with two attached hydrogens (primary N) is 1. The summed E-state index contributed by atoms with van der Waals surface area (Å²) >= 11 is 9.55. The van der Waals surface area contributed by atoms with Crippen LogP contribution < -0.4 is 11.3 Å². The minimum atomic E-state index is -0.0492. The number of aryl methyl sites for hydroxylation is 2. The number of hydrazine groups is 1. The van der Waals surface area contributed by atoms with Gasteiger partial charge in [0, 0.05) is 19.7 Å². The van der Waals surface area contributed by atoms with Crippen LogP contribution in [0.1, 0.15) is 29.9 Å². The molecule has 0 fully saturated rings. The van der Waals surface area contributed by atoms with Gasteiger partial charge >= 0.3 is 0 Å². The summed E-state index contributed by atoms with van der Waals surface area (Å²) in [7, 11) is 1.94. The first kappa shape index (κ1) is 15.4. The predicted molar refractivity (Wildman–Crippen MR) is 83.3 cm³/mol. The van der Waals surface area contributed by atoms with Crippen molar-refractivity contribution in [1.82, 2.24) is 20.2 Å².